The van der Waals surface area contributed by atoms with Crippen LogP contribution < -0.4 is 19.7 Å². The molecule has 7 heteroatoms. The van der Waals surface area contributed by atoms with Crippen molar-refractivity contribution in [2.24, 2.45) is 0 Å². The Morgan fingerprint density at radius 2 is 1.90 bits per heavy atom. The van der Waals surface area contributed by atoms with Gasteiger partial charge in [-0.3, -0.25) is 4.79 Å². The third kappa shape index (κ3) is 3.47. The highest BCUT2D eigenvalue weighted by atomic mass is 16.7. The molecule has 1 aromatic heterocycles. The van der Waals surface area contributed by atoms with Gasteiger partial charge in [-0.15, -0.1) is 0 Å². The van der Waals surface area contributed by atoms with Gasteiger partial charge in [-0.05, 0) is 42.2 Å². The molecule has 0 aliphatic carbocycles. The number of nitrogens with one attached hydrogen (secondary N) is 1. The second-order valence-electron chi connectivity index (χ2n) is 7.03. The van der Waals surface area contributed by atoms with Gasteiger partial charge in [0.05, 0.1) is 5.56 Å². The van der Waals surface area contributed by atoms with Crippen molar-refractivity contribution in [2.45, 2.75) is 19.4 Å². The molecule has 2 aromatic carbocycles. The summed E-state index contributed by atoms with van der Waals surface area (Å²) in [5.41, 5.74) is 3.80. The quantitative estimate of drug-likeness (QED) is 0.740. The Balaban J connectivity index is 1.26. The number of amides is 1. The van der Waals surface area contributed by atoms with Crippen molar-refractivity contribution < 1.29 is 14.3 Å². The van der Waals surface area contributed by atoms with Gasteiger partial charge in [0.15, 0.2) is 11.5 Å². The lowest BCUT2D eigenvalue weighted by molar-refractivity contribution is 0.0950. The van der Waals surface area contributed by atoms with Gasteiger partial charge in [0, 0.05) is 31.2 Å². The number of aryl methyl sites for hydroxylation is 1. The lowest BCUT2D eigenvalue weighted by atomic mass is 10.0. The van der Waals surface area contributed by atoms with Crippen LogP contribution >= 0.6 is 0 Å². The molecule has 2 aliphatic heterocycles. The first-order valence-corrected chi connectivity index (χ1v) is 9.62. The Kier molecular flexibility index (Phi) is 4.48. The van der Waals surface area contributed by atoms with E-state index in [1.54, 1.807) is 12.4 Å². The Bertz CT molecular complexity index is 1050. The summed E-state index contributed by atoms with van der Waals surface area (Å²) in [6.45, 7) is 1.49. The number of para-hydroxylation sites is 1. The maximum atomic E-state index is 12.5. The largest absolute Gasteiger partial charge is 0.454 e. The van der Waals surface area contributed by atoms with Crippen LogP contribution in [0.5, 0.6) is 11.5 Å². The fourth-order valence-electron chi connectivity index (χ4n) is 3.65. The Hall–Kier alpha value is -3.61. The van der Waals surface area contributed by atoms with E-state index in [0.29, 0.717) is 23.8 Å². The molecule has 0 bridgehead atoms. The molecule has 1 amide bonds. The topological polar surface area (TPSA) is 76.6 Å². The van der Waals surface area contributed by atoms with Gasteiger partial charge in [-0.25, -0.2) is 9.97 Å². The van der Waals surface area contributed by atoms with Crippen LogP contribution in [-0.4, -0.2) is 29.2 Å². The summed E-state index contributed by atoms with van der Waals surface area (Å²) < 4.78 is 10.7. The number of carbonyl (C=O) groups excluding carboxylic acids is 1. The molecule has 1 N–H and O–H groups in total. The normalized spacial score (nSPS) is 14.4. The van der Waals surface area contributed by atoms with Gasteiger partial charge in [-0.2, -0.15) is 0 Å². The number of benzene rings is 2. The lowest BCUT2D eigenvalue weighted by Crippen LogP contribution is -2.27. The smallest absolute Gasteiger partial charge is 0.254 e. The van der Waals surface area contributed by atoms with Crippen molar-refractivity contribution in [3.63, 3.8) is 0 Å². The molecule has 0 fully saturated rings. The molecule has 7 nitrogen and oxygen atoms in total. The van der Waals surface area contributed by atoms with Crippen LogP contribution in [0.15, 0.2) is 54.9 Å². The molecule has 146 valence electrons. The summed E-state index contributed by atoms with van der Waals surface area (Å²) in [6, 6.07) is 13.9. The van der Waals surface area contributed by atoms with Crippen LogP contribution in [0.1, 0.15) is 27.9 Å². The number of rotatable bonds is 4. The lowest BCUT2D eigenvalue weighted by Gasteiger charge is -2.29. The van der Waals surface area contributed by atoms with E-state index in [-0.39, 0.29) is 12.7 Å². The first-order valence-electron chi connectivity index (χ1n) is 9.62. The SMILES string of the molecule is O=C(NCc1ccc2c(c1)OCO2)c1cnc(N2CCCc3ccccc32)nc1. The molecular formula is C22H20N4O3. The minimum atomic E-state index is -0.215. The highest BCUT2D eigenvalue weighted by Gasteiger charge is 2.20. The summed E-state index contributed by atoms with van der Waals surface area (Å²) in [5, 5.41) is 2.89. The van der Waals surface area contributed by atoms with E-state index in [1.165, 1.54) is 5.56 Å². The highest BCUT2D eigenvalue weighted by Crippen LogP contribution is 2.33. The summed E-state index contributed by atoms with van der Waals surface area (Å²) in [5.74, 6) is 1.83. The van der Waals surface area contributed by atoms with Gasteiger partial charge in [0.25, 0.3) is 5.91 Å². The Morgan fingerprint density at radius 3 is 2.79 bits per heavy atom. The van der Waals surface area contributed by atoms with E-state index in [1.807, 2.05) is 24.3 Å². The fraction of sp³-hybridized carbons (Fsp3) is 0.227. The predicted octanol–water partition coefficient (Wildman–Crippen LogP) is 3.22. The second kappa shape index (κ2) is 7.43. The van der Waals surface area contributed by atoms with Gasteiger partial charge in [-0.1, -0.05) is 24.3 Å². The zero-order chi connectivity index (χ0) is 19.6. The number of fused-ring (bicyclic) bond motifs is 2. The molecule has 0 saturated carbocycles. The van der Waals surface area contributed by atoms with Crippen LogP contribution in [0.3, 0.4) is 0 Å². The van der Waals surface area contributed by atoms with Crippen molar-refractivity contribution in [1.29, 1.82) is 0 Å². The number of hydrogen-bond donors (Lipinski definition) is 1. The Labute approximate surface area is 168 Å². The number of nitrogens with zero attached hydrogens (tertiary/aromatic N) is 3. The van der Waals surface area contributed by atoms with E-state index in [9.17, 15) is 4.79 Å². The molecule has 0 spiro atoms. The average Bonchev–Trinajstić information content (AvgIpc) is 3.25. The highest BCUT2D eigenvalue weighted by molar-refractivity contribution is 5.93. The van der Waals surface area contributed by atoms with Crippen LogP contribution in [0.25, 0.3) is 0 Å². The monoisotopic (exact) mass is 388 g/mol. The first-order chi connectivity index (χ1) is 14.3. The molecule has 0 radical (unpaired) electrons. The van der Waals surface area contributed by atoms with Gasteiger partial charge < -0.3 is 19.7 Å². The Morgan fingerprint density at radius 1 is 1.07 bits per heavy atom. The minimum Gasteiger partial charge on any atom is -0.454 e. The molecule has 3 heterocycles. The van der Waals surface area contributed by atoms with E-state index >= 15 is 0 Å². The van der Waals surface area contributed by atoms with E-state index in [0.717, 1.165) is 36.4 Å². The third-order valence-electron chi connectivity index (χ3n) is 5.14. The fourth-order valence-corrected chi connectivity index (χ4v) is 3.65. The number of carbonyl (C=O) groups is 1. The van der Waals surface area contributed by atoms with Crippen LogP contribution in [0.2, 0.25) is 0 Å². The second-order valence-corrected chi connectivity index (χ2v) is 7.03. The maximum absolute atomic E-state index is 12.5. The van der Waals surface area contributed by atoms with Crippen LogP contribution in [0.4, 0.5) is 11.6 Å². The van der Waals surface area contributed by atoms with Crippen molar-refractivity contribution >= 4 is 17.5 Å². The molecule has 0 saturated heterocycles. The summed E-state index contributed by atoms with van der Waals surface area (Å²) in [6.07, 6.45) is 5.27. The standard InChI is InChI=1S/C22H20N4O3/c27-21(23-11-15-7-8-19-20(10-15)29-14-28-19)17-12-24-22(25-13-17)26-9-3-5-16-4-1-2-6-18(16)26/h1-2,4,6-8,10,12-13H,3,5,9,11,14H2,(H,23,27). The molecule has 5 rings (SSSR count). The van der Waals surface area contributed by atoms with Crippen LogP contribution in [-0.2, 0) is 13.0 Å². The summed E-state index contributed by atoms with van der Waals surface area (Å²) >= 11 is 0. The van der Waals surface area contributed by atoms with Crippen molar-refractivity contribution in [2.75, 3.05) is 18.2 Å². The van der Waals surface area contributed by atoms with Gasteiger partial charge in [0.1, 0.15) is 0 Å². The minimum absolute atomic E-state index is 0.215. The maximum Gasteiger partial charge on any atom is 0.254 e. The zero-order valence-corrected chi connectivity index (χ0v) is 15.8. The number of anilines is 2. The molecular weight excluding hydrogens is 368 g/mol. The van der Waals surface area contributed by atoms with Gasteiger partial charge in [0.2, 0.25) is 12.7 Å². The molecule has 0 atom stereocenters. The van der Waals surface area contributed by atoms with E-state index < -0.39 is 0 Å². The van der Waals surface area contributed by atoms with Crippen LogP contribution in [0, 0.1) is 0 Å². The third-order valence-corrected chi connectivity index (χ3v) is 5.14. The molecule has 29 heavy (non-hydrogen) atoms. The molecule has 3 aromatic rings. The first kappa shape index (κ1) is 17.5. The van der Waals surface area contributed by atoms with Crippen molar-refractivity contribution in [3.05, 3.63) is 71.5 Å². The van der Waals surface area contributed by atoms with Crippen molar-refractivity contribution in [1.82, 2.24) is 15.3 Å². The van der Waals surface area contributed by atoms with Gasteiger partial charge >= 0.3 is 0 Å². The van der Waals surface area contributed by atoms with Crippen molar-refractivity contribution in [3.8, 4) is 11.5 Å². The van der Waals surface area contributed by atoms with E-state index in [4.69, 9.17) is 9.47 Å². The number of aromatic nitrogens is 2. The number of ether oxygens (including phenoxy) is 2. The number of hydrogen-bond acceptors (Lipinski definition) is 6. The average molecular weight is 388 g/mol. The summed E-state index contributed by atoms with van der Waals surface area (Å²) in [7, 11) is 0. The predicted molar refractivity (Wildman–Crippen MR) is 108 cm³/mol. The molecule has 0 unspecified atom stereocenters. The summed E-state index contributed by atoms with van der Waals surface area (Å²) in [4.78, 5) is 23.5. The van der Waals surface area contributed by atoms with E-state index in [2.05, 4.69) is 38.4 Å². The molecule has 2 aliphatic rings. The zero-order valence-electron chi connectivity index (χ0n) is 15.8.